The lowest BCUT2D eigenvalue weighted by Gasteiger charge is -2.33. The minimum Gasteiger partial charge on any atom is -0.378 e. The zero-order valence-electron chi connectivity index (χ0n) is 54.4. The van der Waals surface area contributed by atoms with Gasteiger partial charge in [-0.2, -0.15) is 0 Å². The molecule has 3 amide bonds. The predicted octanol–water partition coefficient (Wildman–Crippen LogP) is 5.97. The van der Waals surface area contributed by atoms with E-state index in [4.69, 9.17) is 89.0 Å². The van der Waals surface area contributed by atoms with Gasteiger partial charge in [-0.15, -0.1) is 0 Å². The van der Waals surface area contributed by atoms with Crippen molar-refractivity contribution in [2.75, 3.05) is 192 Å². The predicted molar refractivity (Wildman–Crippen MR) is 367 cm³/mol. The van der Waals surface area contributed by atoms with Crippen LogP contribution >= 0.6 is 46.4 Å². The third-order valence-electron chi connectivity index (χ3n) is 15.2. The molecule has 5 aromatic rings. The van der Waals surface area contributed by atoms with Crippen LogP contribution in [0.4, 0.5) is 0 Å². The molecule has 30 heteroatoms. The van der Waals surface area contributed by atoms with Gasteiger partial charge in [0.25, 0.3) is 17.7 Å². The molecule has 0 fully saturated rings. The van der Waals surface area contributed by atoms with E-state index in [1.807, 2.05) is 45.4 Å². The lowest BCUT2D eigenvalue weighted by atomic mass is 9.85. The van der Waals surface area contributed by atoms with Crippen molar-refractivity contribution in [1.82, 2.24) is 40.5 Å². The number of rotatable bonds is 45. The molecular formula is C66H88Cl4N8O16S2. The molecule has 0 bridgehead atoms. The molecule has 5 aromatic carbocycles. The highest BCUT2D eigenvalue weighted by Gasteiger charge is 2.30. The number of ether oxygens (including phenoxy) is 9. The Balaban J connectivity index is 0.757. The molecule has 2 heterocycles. The molecular weight excluding hydrogens is 1370 g/mol. The summed E-state index contributed by atoms with van der Waals surface area (Å²) in [5, 5.41) is 13.5. The van der Waals surface area contributed by atoms with Crippen LogP contribution in [0, 0.1) is 0 Å². The van der Waals surface area contributed by atoms with Gasteiger partial charge in [-0.1, -0.05) is 70.7 Å². The number of amides is 3. The third kappa shape index (κ3) is 25.9. The summed E-state index contributed by atoms with van der Waals surface area (Å²) < 4.78 is 109. The van der Waals surface area contributed by atoms with Crippen LogP contribution in [-0.4, -0.2) is 237 Å². The van der Waals surface area contributed by atoms with Gasteiger partial charge in [-0.25, -0.2) is 26.3 Å². The zero-order chi connectivity index (χ0) is 68.7. The number of likely N-dealkylation sites (N-methyl/N-ethyl adjacent to an activating group) is 3. The highest BCUT2D eigenvalue weighted by atomic mass is 35.5. The van der Waals surface area contributed by atoms with Crippen LogP contribution < -0.4 is 30.7 Å². The van der Waals surface area contributed by atoms with Crippen molar-refractivity contribution in [3.05, 3.63) is 161 Å². The number of benzene rings is 5. The quantitative estimate of drug-likeness (QED) is 0.0245. The van der Waals surface area contributed by atoms with Crippen molar-refractivity contribution >= 4 is 84.2 Å². The number of carbonyl (C=O) groups is 3. The van der Waals surface area contributed by atoms with Crippen molar-refractivity contribution < 1.29 is 73.9 Å². The summed E-state index contributed by atoms with van der Waals surface area (Å²) in [5.41, 5.74) is 5.80. The van der Waals surface area contributed by atoms with E-state index in [1.165, 1.54) is 18.2 Å². The Bertz CT molecular complexity index is 3330. The highest BCUT2D eigenvalue weighted by molar-refractivity contribution is 7.89. The maximum absolute atomic E-state index is 13.4. The van der Waals surface area contributed by atoms with Gasteiger partial charge in [0, 0.05) is 114 Å². The first kappa shape index (κ1) is 78.3. The molecule has 2 unspecified atom stereocenters. The zero-order valence-corrected chi connectivity index (χ0v) is 59.0. The highest BCUT2D eigenvalue weighted by Crippen LogP contribution is 2.40. The van der Waals surface area contributed by atoms with Gasteiger partial charge < -0.3 is 73.7 Å². The summed E-state index contributed by atoms with van der Waals surface area (Å²) in [6.07, 6.45) is 0. The smallest absolute Gasteiger partial charge is 0.251 e. The molecule has 24 nitrogen and oxygen atoms in total. The van der Waals surface area contributed by atoms with Crippen LogP contribution in [0.2, 0.25) is 20.1 Å². The second-order valence-electron chi connectivity index (χ2n) is 22.5. The van der Waals surface area contributed by atoms with Gasteiger partial charge in [-0.3, -0.25) is 14.4 Å². The Morgan fingerprint density at radius 1 is 0.417 bits per heavy atom. The number of hydrogen-bond donors (Lipinski definition) is 6. The normalized spacial score (nSPS) is 15.1. The monoisotopic (exact) mass is 1450 g/mol. The van der Waals surface area contributed by atoms with Gasteiger partial charge in [0.15, 0.2) is 0 Å². The number of fused-ring (bicyclic) bond motifs is 2. The SMILES string of the molecule is CNCCOCCOCCOCCNC(=O)c1cc(C(=O)NCCOCCOCCOCCNS(=O)(=O)c2cccc(C3CN(C)Cc4c(Cl)cc(Cl)cc43)c2)cc(C(=O)NCCOCCOCCOCCNS(=O)(=O)c2cccc(C3CN(C)Cc4c(Cl)cc(Cl)cc43)c2)c1. The Morgan fingerprint density at radius 2 is 0.719 bits per heavy atom. The van der Waals surface area contributed by atoms with Crippen LogP contribution in [0.5, 0.6) is 0 Å². The molecule has 2 atom stereocenters. The maximum Gasteiger partial charge on any atom is 0.251 e. The van der Waals surface area contributed by atoms with Crippen molar-refractivity contribution in [2.45, 2.75) is 34.7 Å². The van der Waals surface area contributed by atoms with E-state index in [1.54, 1.807) is 48.5 Å². The van der Waals surface area contributed by atoms with E-state index in [9.17, 15) is 31.2 Å². The van der Waals surface area contributed by atoms with E-state index in [2.05, 4.69) is 40.5 Å². The Kier molecular flexibility index (Phi) is 33.9. The number of sulfonamides is 2. The minimum absolute atomic E-state index is 0.0493. The second-order valence-corrected chi connectivity index (χ2v) is 27.8. The van der Waals surface area contributed by atoms with Crippen molar-refractivity contribution in [3.8, 4) is 0 Å². The number of nitrogens with zero attached hydrogens (tertiary/aromatic N) is 2. The average molecular weight is 1460 g/mol. The Morgan fingerprint density at radius 3 is 1.04 bits per heavy atom. The summed E-state index contributed by atoms with van der Waals surface area (Å²) in [6.45, 7) is 8.51. The van der Waals surface area contributed by atoms with E-state index in [-0.39, 0.29) is 157 Å². The molecule has 0 saturated heterocycles. The lowest BCUT2D eigenvalue weighted by molar-refractivity contribution is 0.0159. The van der Waals surface area contributed by atoms with Crippen molar-refractivity contribution in [2.24, 2.45) is 0 Å². The Labute approximate surface area is 583 Å². The molecule has 0 spiro atoms. The average Bonchev–Trinajstić information content (AvgIpc) is 0.783. The summed E-state index contributed by atoms with van der Waals surface area (Å²) >= 11 is 25.8. The maximum atomic E-state index is 13.4. The standard InChI is InChI=1S/C66H88Cl4N8O16S2/c1-71-10-16-86-22-28-92-29-23-87-17-11-72-64(79)49-34-50(65(80)73-12-18-88-24-30-93-32-26-90-20-14-75-95(82,83)54-8-4-6-47(37-54)58-43-77(2)45-60-56(58)39-52(67)41-62(60)69)36-51(35-49)66(81)74-13-19-89-25-31-94-33-27-91-21-15-76-96(84,85)55-9-5-7-48(38-55)59-44-78(3)46-61-57(59)40-53(68)42-63(61)70/h4-9,34-42,58-59,71,75-76H,10-33,43-46H2,1-3H3,(H,72,79)(H,73,80)(H,74,81). The van der Waals surface area contributed by atoms with Gasteiger partial charge >= 0.3 is 0 Å². The van der Waals surface area contributed by atoms with Crippen molar-refractivity contribution in [3.63, 3.8) is 0 Å². The van der Waals surface area contributed by atoms with E-state index >= 15 is 0 Å². The third-order valence-corrected chi connectivity index (χ3v) is 19.3. The molecule has 7 rings (SSSR count). The molecule has 0 aliphatic carbocycles. The molecule has 6 N–H and O–H groups in total. The number of nitrogens with one attached hydrogen (secondary N) is 6. The van der Waals surface area contributed by atoms with Crippen LogP contribution in [0.3, 0.4) is 0 Å². The minimum atomic E-state index is -3.84. The number of carbonyl (C=O) groups excluding carboxylic acids is 3. The largest absolute Gasteiger partial charge is 0.378 e. The molecule has 0 aromatic heterocycles. The van der Waals surface area contributed by atoms with Gasteiger partial charge in [0.05, 0.1) is 129 Å². The fourth-order valence-electron chi connectivity index (χ4n) is 10.6. The van der Waals surface area contributed by atoms with Gasteiger partial charge in [0.2, 0.25) is 20.0 Å². The molecule has 528 valence electrons. The number of halogens is 4. The van der Waals surface area contributed by atoms with Gasteiger partial charge in [0.1, 0.15) is 0 Å². The Hall–Kier alpha value is -4.99. The molecule has 0 saturated carbocycles. The fraction of sp³-hybridized carbons (Fsp3) is 0.500. The summed E-state index contributed by atoms with van der Waals surface area (Å²) in [4.78, 5) is 44.8. The van der Waals surface area contributed by atoms with Crippen molar-refractivity contribution in [1.29, 1.82) is 0 Å². The first-order chi connectivity index (χ1) is 46.3. The van der Waals surface area contributed by atoms with Crippen LogP contribution in [0.25, 0.3) is 0 Å². The molecule has 0 radical (unpaired) electrons. The molecule has 2 aliphatic heterocycles. The van der Waals surface area contributed by atoms with Crippen LogP contribution in [0.15, 0.2) is 101 Å². The van der Waals surface area contributed by atoms with Crippen LogP contribution in [0.1, 0.15) is 76.3 Å². The van der Waals surface area contributed by atoms with Crippen LogP contribution in [-0.2, 0) is 75.8 Å². The van der Waals surface area contributed by atoms with E-state index in [0.717, 1.165) is 39.9 Å². The summed E-state index contributed by atoms with van der Waals surface area (Å²) in [6, 6.07) is 25.1. The second kappa shape index (κ2) is 41.5. The lowest BCUT2D eigenvalue weighted by Crippen LogP contribution is -2.31. The topological polar surface area (TPSA) is 281 Å². The first-order valence-corrected chi connectivity index (χ1v) is 36.2. The number of hydrogen-bond acceptors (Lipinski definition) is 19. The van der Waals surface area contributed by atoms with E-state index < -0.39 is 37.8 Å². The summed E-state index contributed by atoms with van der Waals surface area (Å²) in [5.74, 6) is -1.84. The fourth-order valence-corrected chi connectivity index (χ4v) is 13.8. The summed E-state index contributed by atoms with van der Waals surface area (Å²) in [7, 11) is -1.85. The first-order valence-electron chi connectivity index (χ1n) is 31.7. The van der Waals surface area contributed by atoms with E-state index in [0.29, 0.717) is 79.3 Å². The molecule has 96 heavy (non-hydrogen) atoms. The van der Waals surface area contributed by atoms with Gasteiger partial charge in [-0.05, 0) is 121 Å². The molecule has 2 aliphatic rings.